The van der Waals surface area contributed by atoms with Crippen molar-refractivity contribution in [3.05, 3.63) is 59.7 Å². The van der Waals surface area contributed by atoms with Crippen LogP contribution in [-0.2, 0) is 5.75 Å². The van der Waals surface area contributed by atoms with Gasteiger partial charge in [0.25, 0.3) is 11.1 Å². The Morgan fingerprint density at radius 3 is 2.85 bits per heavy atom. The molecule has 1 atom stereocenters. The predicted octanol–water partition coefficient (Wildman–Crippen LogP) is 4.02. The average Bonchev–Trinajstić information content (AvgIpc) is 3.15. The van der Waals surface area contributed by atoms with Crippen LogP contribution in [0.4, 0.5) is 4.39 Å². The van der Waals surface area contributed by atoms with Crippen molar-refractivity contribution in [2.75, 3.05) is 13.7 Å². The third-order valence-corrected chi connectivity index (χ3v) is 4.67. The molecule has 0 amide bonds. The Kier molecular flexibility index (Phi) is 4.66. The number of aromatic nitrogens is 2. The number of ether oxygens (including phenoxy) is 3. The summed E-state index contributed by atoms with van der Waals surface area (Å²) < 4.78 is 35.8. The van der Waals surface area contributed by atoms with Gasteiger partial charge in [-0.1, -0.05) is 30.0 Å². The highest BCUT2D eigenvalue weighted by molar-refractivity contribution is 7.98. The summed E-state index contributed by atoms with van der Waals surface area (Å²) in [6.07, 6.45) is -0.454. The summed E-state index contributed by atoms with van der Waals surface area (Å²) in [5, 5.41) is 8.43. The van der Waals surface area contributed by atoms with Crippen molar-refractivity contribution in [1.82, 2.24) is 10.2 Å². The van der Waals surface area contributed by atoms with E-state index in [-0.39, 0.29) is 5.75 Å². The Labute approximate surface area is 153 Å². The number of halogens is 1. The Morgan fingerprint density at radius 2 is 2.04 bits per heavy atom. The maximum Gasteiger partial charge on any atom is 0.277 e. The number of rotatable bonds is 5. The molecule has 8 heteroatoms. The van der Waals surface area contributed by atoms with Crippen LogP contribution in [0.5, 0.6) is 17.2 Å². The molecule has 0 saturated carbocycles. The Balaban J connectivity index is 1.40. The van der Waals surface area contributed by atoms with Crippen LogP contribution in [0.2, 0.25) is 0 Å². The summed E-state index contributed by atoms with van der Waals surface area (Å²) in [5.41, 5.74) is 0.791. The standard InChI is InChI=1S/C18H15FN2O4S/c1-22-13-7-6-11(8-12(13)19)10-26-18-21-20-17(25-18)16-9-23-14-4-2-3-5-15(14)24-16/h2-8,16H,9-10H2,1H3. The quantitative estimate of drug-likeness (QED) is 0.625. The molecule has 2 aromatic carbocycles. The largest absolute Gasteiger partial charge is 0.494 e. The highest BCUT2D eigenvalue weighted by Crippen LogP contribution is 2.36. The molecule has 0 saturated heterocycles. The minimum Gasteiger partial charge on any atom is -0.494 e. The third kappa shape index (κ3) is 3.45. The lowest BCUT2D eigenvalue weighted by atomic mass is 10.2. The highest BCUT2D eigenvalue weighted by Gasteiger charge is 2.27. The molecule has 1 aromatic heterocycles. The van der Waals surface area contributed by atoms with Crippen molar-refractivity contribution in [3.8, 4) is 17.2 Å². The van der Waals surface area contributed by atoms with Crippen LogP contribution in [0.3, 0.4) is 0 Å². The average molecular weight is 374 g/mol. The first-order valence-electron chi connectivity index (χ1n) is 7.90. The van der Waals surface area contributed by atoms with Crippen LogP contribution in [0.1, 0.15) is 17.6 Å². The maximum atomic E-state index is 13.7. The number of hydrogen-bond donors (Lipinski definition) is 0. The zero-order valence-corrected chi connectivity index (χ0v) is 14.7. The lowest BCUT2D eigenvalue weighted by molar-refractivity contribution is 0.0686. The summed E-state index contributed by atoms with van der Waals surface area (Å²) in [7, 11) is 1.43. The molecule has 3 aromatic rings. The lowest BCUT2D eigenvalue weighted by Crippen LogP contribution is -2.21. The van der Waals surface area contributed by atoms with E-state index >= 15 is 0 Å². The molecular formula is C18H15FN2O4S. The smallest absolute Gasteiger partial charge is 0.277 e. The van der Waals surface area contributed by atoms with Gasteiger partial charge in [0, 0.05) is 5.75 Å². The normalized spacial score (nSPS) is 15.7. The second-order valence-corrected chi connectivity index (χ2v) is 6.45. The summed E-state index contributed by atoms with van der Waals surface area (Å²) in [6.45, 7) is 0.299. The van der Waals surface area contributed by atoms with Crippen molar-refractivity contribution < 1.29 is 23.0 Å². The van der Waals surface area contributed by atoms with E-state index < -0.39 is 11.9 Å². The van der Waals surface area contributed by atoms with Gasteiger partial charge in [0.15, 0.2) is 23.1 Å². The molecule has 4 rings (SSSR count). The maximum absolute atomic E-state index is 13.7. The van der Waals surface area contributed by atoms with Crippen molar-refractivity contribution in [2.45, 2.75) is 17.1 Å². The Hall–Kier alpha value is -2.74. The van der Waals surface area contributed by atoms with E-state index in [1.807, 2.05) is 24.3 Å². The van der Waals surface area contributed by atoms with E-state index in [4.69, 9.17) is 18.6 Å². The fourth-order valence-electron chi connectivity index (χ4n) is 2.49. The van der Waals surface area contributed by atoms with Crippen LogP contribution in [0.25, 0.3) is 0 Å². The molecule has 0 N–H and O–H groups in total. The Morgan fingerprint density at radius 1 is 1.19 bits per heavy atom. The molecule has 0 aliphatic carbocycles. The molecular weight excluding hydrogens is 359 g/mol. The molecule has 6 nitrogen and oxygen atoms in total. The molecule has 1 unspecified atom stereocenters. The van der Waals surface area contributed by atoms with E-state index in [0.29, 0.717) is 35.0 Å². The fraction of sp³-hybridized carbons (Fsp3) is 0.222. The molecule has 0 radical (unpaired) electrons. The lowest BCUT2D eigenvalue weighted by Gasteiger charge is -2.23. The molecule has 26 heavy (non-hydrogen) atoms. The van der Waals surface area contributed by atoms with Gasteiger partial charge in [-0.15, -0.1) is 10.2 Å². The van der Waals surface area contributed by atoms with Gasteiger partial charge in [0.05, 0.1) is 7.11 Å². The number of thioether (sulfide) groups is 1. The van der Waals surface area contributed by atoms with Crippen LogP contribution in [0, 0.1) is 5.82 Å². The minimum atomic E-state index is -0.454. The molecule has 1 aliphatic heterocycles. The monoisotopic (exact) mass is 374 g/mol. The van der Waals surface area contributed by atoms with E-state index in [2.05, 4.69) is 10.2 Å². The van der Waals surface area contributed by atoms with Crippen LogP contribution < -0.4 is 14.2 Å². The summed E-state index contributed by atoms with van der Waals surface area (Å²) >= 11 is 1.32. The van der Waals surface area contributed by atoms with Crippen molar-refractivity contribution in [1.29, 1.82) is 0 Å². The van der Waals surface area contributed by atoms with Crippen molar-refractivity contribution in [2.24, 2.45) is 0 Å². The molecule has 0 spiro atoms. The molecule has 0 fully saturated rings. The van der Waals surface area contributed by atoms with Crippen molar-refractivity contribution >= 4 is 11.8 Å². The van der Waals surface area contributed by atoms with Gasteiger partial charge < -0.3 is 18.6 Å². The van der Waals surface area contributed by atoms with Gasteiger partial charge in [-0.3, -0.25) is 0 Å². The van der Waals surface area contributed by atoms with Crippen LogP contribution >= 0.6 is 11.8 Å². The number of fused-ring (bicyclic) bond motifs is 1. The van der Waals surface area contributed by atoms with Crippen LogP contribution in [0.15, 0.2) is 52.1 Å². The number of hydrogen-bond acceptors (Lipinski definition) is 7. The predicted molar refractivity (Wildman–Crippen MR) is 92.1 cm³/mol. The molecule has 134 valence electrons. The van der Waals surface area contributed by atoms with Gasteiger partial charge in [-0.05, 0) is 29.8 Å². The van der Waals surface area contributed by atoms with E-state index in [0.717, 1.165) is 5.56 Å². The topological polar surface area (TPSA) is 66.6 Å². The third-order valence-electron chi connectivity index (χ3n) is 3.78. The second kappa shape index (κ2) is 7.25. The fourth-order valence-corrected chi connectivity index (χ4v) is 3.21. The van der Waals surface area contributed by atoms with Crippen molar-refractivity contribution in [3.63, 3.8) is 0 Å². The van der Waals surface area contributed by atoms with E-state index in [1.165, 1.54) is 24.9 Å². The first kappa shape index (κ1) is 16.7. The zero-order chi connectivity index (χ0) is 17.9. The number of nitrogens with zero attached hydrogens (tertiary/aromatic N) is 2. The first-order chi connectivity index (χ1) is 12.7. The number of para-hydroxylation sites is 2. The summed E-state index contributed by atoms with van der Waals surface area (Å²) in [5.74, 6) is 2.00. The highest BCUT2D eigenvalue weighted by atomic mass is 32.2. The van der Waals surface area contributed by atoms with E-state index in [9.17, 15) is 4.39 Å². The minimum absolute atomic E-state index is 0.216. The van der Waals surface area contributed by atoms with Gasteiger partial charge in [-0.25, -0.2) is 4.39 Å². The summed E-state index contributed by atoms with van der Waals surface area (Å²) in [6, 6.07) is 12.2. The van der Waals surface area contributed by atoms with Crippen LogP contribution in [-0.4, -0.2) is 23.9 Å². The SMILES string of the molecule is COc1ccc(CSc2nnc(C3COc4ccccc4O3)o2)cc1F. The zero-order valence-electron chi connectivity index (χ0n) is 13.8. The molecule has 1 aliphatic rings. The van der Waals surface area contributed by atoms with Gasteiger partial charge in [-0.2, -0.15) is 0 Å². The molecule has 2 heterocycles. The number of benzene rings is 2. The second-order valence-electron chi connectivity index (χ2n) is 5.53. The summed E-state index contributed by atoms with van der Waals surface area (Å²) in [4.78, 5) is 0. The van der Waals surface area contributed by atoms with Gasteiger partial charge in [0.1, 0.15) is 6.61 Å². The number of methoxy groups -OCH3 is 1. The Bertz CT molecular complexity index is 918. The first-order valence-corrected chi connectivity index (χ1v) is 8.88. The van der Waals surface area contributed by atoms with Gasteiger partial charge in [0.2, 0.25) is 6.10 Å². The van der Waals surface area contributed by atoms with E-state index in [1.54, 1.807) is 12.1 Å². The molecule has 0 bridgehead atoms. The van der Waals surface area contributed by atoms with Gasteiger partial charge >= 0.3 is 0 Å².